The lowest BCUT2D eigenvalue weighted by Crippen LogP contribution is -2.36. The summed E-state index contributed by atoms with van der Waals surface area (Å²) >= 11 is 3.10. The number of nitrogens with one attached hydrogen (secondary N) is 3. The van der Waals surface area contributed by atoms with E-state index in [0.717, 1.165) is 25.0 Å². The third kappa shape index (κ3) is 4.63. The van der Waals surface area contributed by atoms with E-state index in [1.165, 1.54) is 16.7 Å². The molecule has 2 fully saturated rings. The van der Waals surface area contributed by atoms with Gasteiger partial charge in [-0.2, -0.15) is 11.8 Å². The quantitative estimate of drug-likeness (QED) is 0.395. The van der Waals surface area contributed by atoms with Crippen LogP contribution < -0.4 is 16.0 Å². The van der Waals surface area contributed by atoms with Gasteiger partial charge in [0.25, 0.3) is 0 Å². The molecule has 0 aromatic carbocycles. The van der Waals surface area contributed by atoms with E-state index >= 15 is 0 Å². The molecule has 0 spiro atoms. The lowest BCUT2D eigenvalue weighted by atomic mass is 10.0. The number of aromatic carboxylic acids is 1. The summed E-state index contributed by atoms with van der Waals surface area (Å²) in [5.41, 5.74) is 0.00936. The summed E-state index contributed by atoms with van der Waals surface area (Å²) in [5, 5.41) is 19.9. The van der Waals surface area contributed by atoms with Gasteiger partial charge in [0.05, 0.1) is 18.6 Å². The van der Waals surface area contributed by atoms with Crippen LogP contribution in [0.5, 0.6) is 0 Å². The molecule has 2 saturated heterocycles. The Morgan fingerprint density at radius 1 is 1.36 bits per heavy atom. The number of rotatable bonds is 8. The molecule has 25 heavy (non-hydrogen) atoms. The van der Waals surface area contributed by atoms with Crippen molar-refractivity contribution in [2.75, 3.05) is 5.75 Å². The molecular weight excluding hydrogens is 364 g/mol. The van der Waals surface area contributed by atoms with Crippen molar-refractivity contribution in [1.29, 1.82) is 0 Å². The Labute approximate surface area is 153 Å². The molecule has 0 saturated carbocycles. The molecular formula is C15H20N4O4S2. The van der Waals surface area contributed by atoms with Crippen molar-refractivity contribution in [3.8, 4) is 0 Å². The van der Waals surface area contributed by atoms with E-state index in [4.69, 9.17) is 5.11 Å². The Kier molecular flexibility index (Phi) is 5.79. The fourth-order valence-electron chi connectivity index (χ4n) is 3.03. The summed E-state index contributed by atoms with van der Waals surface area (Å²) in [5.74, 6) is -0.171. The van der Waals surface area contributed by atoms with Crippen molar-refractivity contribution >= 4 is 41.0 Å². The van der Waals surface area contributed by atoms with Crippen molar-refractivity contribution < 1.29 is 19.5 Å². The highest BCUT2D eigenvalue weighted by Crippen LogP contribution is 2.33. The molecule has 10 heteroatoms. The highest BCUT2D eigenvalue weighted by Gasteiger charge is 2.42. The van der Waals surface area contributed by atoms with E-state index < -0.39 is 5.97 Å². The summed E-state index contributed by atoms with van der Waals surface area (Å²) < 4.78 is 0. The number of thiazole rings is 1. The maximum Gasteiger partial charge on any atom is 0.355 e. The number of hydrogen-bond acceptors (Lipinski definition) is 6. The molecule has 0 radical (unpaired) electrons. The van der Waals surface area contributed by atoms with Crippen molar-refractivity contribution in [3.63, 3.8) is 0 Å². The molecule has 0 aliphatic carbocycles. The zero-order chi connectivity index (χ0) is 17.8. The second kappa shape index (κ2) is 8.05. The highest BCUT2D eigenvalue weighted by molar-refractivity contribution is 8.00. The lowest BCUT2D eigenvalue weighted by molar-refractivity contribution is -0.121. The molecule has 0 unspecified atom stereocenters. The first-order valence-electron chi connectivity index (χ1n) is 8.16. The van der Waals surface area contributed by atoms with Crippen LogP contribution in [0.1, 0.15) is 41.2 Å². The second-order valence-electron chi connectivity index (χ2n) is 6.08. The number of nitrogens with zero attached hydrogens (tertiary/aromatic N) is 1. The molecule has 1 aromatic rings. The molecule has 136 valence electrons. The fraction of sp³-hybridized carbons (Fsp3) is 0.600. The molecule has 2 aliphatic heterocycles. The normalized spacial score (nSPS) is 24.5. The van der Waals surface area contributed by atoms with Crippen molar-refractivity contribution in [1.82, 2.24) is 20.9 Å². The Balaban J connectivity index is 1.30. The van der Waals surface area contributed by atoms with Crippen LogP contribution >= 0.6 is 23.1 Å². The summed E-state index contributed by atoms with van der Waals surface area (Å²) in [6.45, 7) is 0.261. The van der Waals surface area contributed by atoms with Gasteiger partial charge in [0.1, 0.15) is 5.01 Å². The van der Waals surface area contributed by atoms with Gasteiger partial charge in [0.15, 0.2) is 5.69 Å². The van der Waals surface area contributed by atoms with E-state index in [-0.39, 0.29) is 36.3 Å². The maximum absolute atomic E-state index is 11.9. The van der Waals surface area contributed by atoms with E-state index in [9.17, 15) is 14.4 Å². The Morgan fingerprint density at radius 2 is 2.20 bits per heavy atom. The van der Waals surface area contributed by atoms with Gasteiger partial charge in [-0.15, -0.1) is 11.3 Å². The topological polar surface area (TPSA) is 120 Å². The molecule has 3 heterocycles. The number of carboxylic acids is 1. The molecule has 2 aliphatic rings. The molecule has 3 atom stereocenters. The minimum Gasteiger partial charge on any atom is -0.476 e. The summed E-state index contributed by atoms with van der Waals surface area (Å²) in [4.78, 5) is 37.9. The summed E-state index contributed by atoms with van der Waals surface area (Å²) in [7, 11) is 0. The number of carbonyl (C=O) groups is 3. The first-order chi connectivity index (χ1) is 12.0. The molecule has 4 N–H and O–H groups in total. The van der Waals surface area contributed by atoms with Gasteiger partial charge in [-0.05, 0) is 12.8 Å². The van der Waals surface area contributed by atoms with Crippen LogP contribution in [-0.4, -0.2) is 51.1 Å². The largest absolute Gasteiger partial charge is 0.476 e. The van der Waals surface area contributed by atoms with Crippen LogP contribution in [-0.2, 0) is 11.3 Å². The average molecular weight is 384 g/mol. The first kappa shape index (κ1) is 18.0. The molecule has 8 nitrogen and oxygen atoms in total. The van der Waals surface area contributed by atoms with Crippen LogP contribution in [0, 0.1) is 0 Å². The molecule has 0 bridgehead atoms. The molecule has 1 aromatic heterocycles. The number of thioether (sulfide) groups is 1. The average Bonchev–Trinajstić information content (AvgIpc) is 3.26. The van der Waals surface area contributed by atoms with Gasteiger partial charge in [0.2, 0.25) is 5.91 Å². The van der Waals surface area contributed by atoms with Gasteiger partial charge in [0, 0.05) is 22.8 Å². The minimum absolute atomic E-state index is 0.00936. The lowest BCUT2D eigenvalue weighted by Gasteiger charge is -2.16. The maximum atomic E-state index is 11.9. The SMILES string of the molecule is O=C(CCCC[C@@H]1SC[C@@H]2NC(=O)N[C@@H]21)NCc1nc(C(=O)O)cs1. The van der Waals surface area contributed by atoms with E-state index in [1.54, 1.807) is 0 Å². The van der Waals surface area contributed by atoms with Crippen molar-refractivity contribution in [2.24, 2.45) is 0 Å². The number of aromatic nitrogens is 1. The van der Waals surface area contributed by atoms with Crippen molar-refractivity contribution in [2.45, 2.75) is 49.6 Å². The van der Waals surface area contributed by atoms with Gasteiger partial charge in [-0.1, -0.05) is 6.42 Å². The second-order valence-corrected chi connectivity index (χ2v) is 8.29. The predicted octanol–water partition coefficient (Wildman–Crippen LogP) is 1.18. The first-order valence-corrected chi connectivity index (χ1v) is 10.1. The van der Waals surface area contributed by atoms with Gasteiger partial charge in [-0.25, -0.2) is 14.6 Å². The Hall–Kier alpha value is -1.81. The highest BCUT2D eigenvalue weighted by atomic mass is 32.2. The third-order valence-corrected chi connectivity index (χ3v) is 6.65. The summed E-state index contributed by atoms with van der Waals surface area (Å²) in [6.07, 6.45) is 3.15. The third-order valence-electron chi connectivity index (χ3n) is 4.29. The predicted molar refractivity (Wildman–Crippen MR) is 94.9 cm³/mol. The fourth-order valence-corrected chi connectivity index (χ4v) is 5.28. The number of carbonyl (C=O) groups excluding carboxylic acids is 2. The number of urea groups is 1. The van der Waals surface area contributed by atoms with Gasteiger partial charge in [-0.3, -0.25) is 4.79 Å². The number of fused-ring (bicyclic) bond motifs is 1. The number of hydrogen-bond donors (Lipinski definition) is 4. The van der Waals surface area contributed by atoms with Crippen LogP contribution in [0.25, 0.3) is 0 Å². The van der Waals surface area contributed by atoms with Gasteiger partial charge >= 0.3 is 12.0 Å². The number of carboxylic acid groups (broad SMARTS) is 1. The number of amides is 3. The van der Waals surface area contributed by atoms with Crippen molar-refractivity contribution in [3.05, 3.63) is 16.1 Å². The standard InChI is InChI=1S/C15H20N4O4S2/c20-11(16-5-12-17-9(7-25-12)14(21)22)4-2-1-3-10-13-8(6-24-10)18-15(23)19-13/h7-8,10,13H,1-6H2,(H,16,20)(H,21,22)(H2,18,19,23)/t8-,10-,13-/m0/s1. The summed E-state index contributed by atoms with van der Waals surface area (Å²) in [6, 6.07) is 0.368. The Bertz CT molecular complexity index is 666. The molecule has 3 amide bonds. The Morgan fingerprint density at radius 3 is 2.96 bits per heavy atom. The smallest absolute Gasteiger partial charge is 0.355 e. The van der Waals surface area contributed by atoms with Crippen LogP contribution in [0.4, 0.5) is 4.79 Å². The van der Waals surface area contributed by atoms with Gasteiger partial charge < -0.3 is 21.1 Å². The monoisotopic (exact) mass is 384 g/mol. The van der Waals surface area contributed by atoms with Crippen LogP contribution in [0.15, 0.2) is 5.38 Å². The molecule has 3 rings (SSSR count). The zero-order valence-corrected chi connectivity index (χ0v) is 15.1. The number of unbranched alkanes of at least 4 members (excludes halogenated alkanes) is 1. The van der Waals surface area contributed by atoms with E-state index in [1.807, 2.05) is 11.8 Å². The van der Waals surface area contributed by atoms with Crippen LogP contribution in [0.2, 0.25) is 0 Å². The van der Waals surface area contributed by atoms with Crippen LogP contribution in [0.3, 0.4) is 0 Å². The van der Waals surface area contributed by atoms with E-state index in [0.29, 0.717) is 16.7 Å². The minimum atomic E-state index is -1.06. The van der Waals surface area contributed by atoms with E-state index in [2.05, 4.69) is 20.9 Å². The zero-order valence-electron chi connectivity index (χ0n) is 13.5.